The molecule has 0 atom stereocenters. The molecule has 20 heavy (non-hydrogen) atoms. The fourth-order valence-electron chi connectivity index (χ4n) is 2.25. The lowest BCUT2D eigenvalue weighted by atomic mass is 10.1. The van der Waals surface area contributed by atoms with Crippen LogP contribution in [0.3, 0.4) is 0 Å². The standard InChI is InChI=1S/C14H21N3O3/c1-10(2)13(18)16-5-7-17(8-6-16)14(19)12-4-3-11(9-15)20-12/h3-4,10H,5-9,15H2,1-2H3. The molecular weight excluding hydrogens is 258 g/mol. The van der Waals surface area contributed by atoms with E-state index >= 15 is 0 Å². The Morgan fingerprint density at radius 2 is 1.80 bits per heavy atom. The Bertz CT molecular complexity index is 488. The summed E-state index contributed by atoms with van der Waals surface area (Å²) in [7, 11) is 0. The van der Waals surface area contributed by atoms with Crippen molar-refractivity contribution >= 4 is 11.8 Å². The summed E-state index contributed by atoms with van der Waals surface area (Å²) in [5.41, 5.74) is 5.46. The predicted octanol–water partition coefficient (Wildman–Crippen LogP) is 0.679. The van der Waals surface area contributed by atoms with Gasteiger partial charge in [0.15, 0.2) is 5.76 Å². The van der Waals surface area contributed by atoms with Crippen molar-refractivity contribution in [1.29, 1.82) is 0 Å². The second kappa shape index (κ2) is 6.09. The number of furan rings is 1. The van der Waals surface area contributed by atoms with Gasteiger partial charge in [0.1, 0.15) is 5.76 Å². The van der Waals surface area contributed by atoms with E-state index < -0.39 is 0 Å². The number of piperazine rings is 1. The predicted molar refractivity (Wildman–Crippen MR) is 73.9 cm³/mol. The number of hydrogen-bond acceptors (Lipinski definition) is 4. The number of rotatable bonds is 3. The average Bonchev–Trinajstić information content (AvgIpc) is 2.94. The van der Waals surface area contributed by atoms with Crippen molar-refractivity contribution in [3.63, 3.8) is 0 Å². The minimum Gasteiger partial charge on any atom is -0.455 e. The number of nitrogens with zero attached hydrogens (tertiary/aromatic N) is 2. The van der Waals surface area contributed by atoms with Crippen LogP contribution in [0.5, 0.6) is 0 Å². The zero-order chi connectivity index (χ0) is 14.7. The lowest BCUT2D eigenvalue weighted by Gasteiger charge is -2.35. The molecule has 0 radical (unpaired) electrons. The van der Waals surface area contributed by atoms with Gasteiger partial charge in [-0.25, -0.2) is 0 Å². The summed E-state index contributed by atoms with van der Waals surface area (Å²) in [5.74, 6) is 0.910. The van der Waals surface area contributed by atoms with Crippen LogP contribution in [0.25, 0.3) is 0 Å². The fraction of sp³-hybridized carbons (Fsp3) is 0.571. The van der Waals surface area contributed by atoms with Crippen LogP contribution in [0.15, 0.2) is 16.5 Å². The third kappa shape index (κ3) is 3.01. The third-order valence-electron chi connectivity index (χ3n) is 3.45. The summed E-state index contributed by atoms with van der Waals surface area (Å²) >= 11 is 0. The molecule has 0 aromatic carbocycles. The molecule has 110 valence electrons. The molecular formula is C14H21N3O3. The van der Waals surface area contributed by atoms with Gasteiger partial charge in [-0.15, -0.1) is 0 Å². The Morgan fingerprint density at radius 3 is 2.30 bits per heavy atom. The SMILES string of the molecule is CC(C)C(=O)N1CCN(C(=O)c2ccc(CN)o2)CC1. The van der Waals surface area contributed by atoms with Crippen molar-refractivity contribution in [3.8, 4) is 0 Å². The van der Waals surface area contributed by atoms with Gasteiger partial charge >= 0.3 is 0 Å². The van der Waals surface area contributed by atoms with Crippen LogP contribution in [0.1, 0.15) is 30.2 Å². The Kier molecular flexibility index (Phi) is 4.44. The number of amides is 2. The van der Waals surface area contributed by atoms with E-state index in [0.29, 0.717) is 37.7 Å². The van der Waals surface area contributed by atoms with E-state index in [-0.39, 0.29) is 24.3 Å². The summed E-state index contributed by atoms with van der Waals surface area (Å²) in [6.45, 7) is 6.28. The van der Waals surface area contributed by atoms with Crippen molar-refractivity contribution in [1.82, 2.24) is 9.80 Å². The average molecular weight is 279 g/mol. The quantitative estimate of drug-likeness (QED) is 0.882. The highest BCUT2D eigenvalue weighted by Crippen LogP contribution is 2.13. The van der Waals surface area contributed by atoms with Gasteiger partial charge in [0, 0.05) is 32.1 Å². The molecule has 1 saturated heterocycles. The van der Waals surface area contributed by atoms with Gasteiger partial charge in [0.2, 0.25) is 5.91 Å². The van der Waals surface area contributed by atoms with Gasteiger partial charge in [0.25, 0.3) is 5.91 Å². The van der Waals surface area contributed by atoms with Crippen molar-refractivity contribution in [3.05, 3.63) is 23.7 Å². The first-order chi connectivity index (χ1) is 9.52. The molecule has 0 bridgehead atoms. The second-order valence-electron chi connectivity index (χ2n) is 5.24. The number of nitrogens with two attached hydrogens (primary N) is 1. The highest BCUT2D eigenvalue weighted by molar-refractivity contribution is 5.91. The van der Waals surface area contributed by atoms with Crippen molar-refractivity contribution in [2.75, 3.05) is 26.2 Å². The van der Waals surface area contributed by atoms with Gasteiger partial charge in [-0.3, -0.25) is 9.59 Å². The van der Waals surface area contributed by atoms with Crippen LogP contribution >= 0.6 is 0 Å². The largest absolute Gasteiger partial charge is 0.455 e. The molecule has 1 aliphatic heterocycles. The van der Waals surface area contributed by atoms with Crippen molar-refractivity contribution in [2.24, 2.45) is 11.7 Å². The summed E-state index contributed by atoms with van der Waals surface area (Å²) in [6.07, 6.45) is 0. The van der Waals surface area contributed by atoms with Gasteiger partial charge < -0.3 is 20.0 Å². The van der Waals surface area contributed by atoms with Crippen molar-refractivity contribution < 1.29 is 14.0 Å². The lowest BCUT2D eigenvalue weighted by Crippen LogP contribution is -2.51. The molecule has 2 heterocycles. The Morgan fingerprint density at radius 1 is 1.20 bits per heavy atom. The minimum atomic E-state index is -0.138. The monoisotopic (exact) mass is 279 g/mol. The molecule has 0 saturated carbocycles. The first-order valence-corrected chi connectivity index (χ1v) is 6.89. The molecule has 1 aromatic rings. The Hall–Kier alpha value is -1.82. The molecule has 6 heteroatoms. The van der Waals surface area contributed by atoms with Crippen LogP contribution in [0.2, 0.25) is 0 Å². The van der Waals surface area contributed by atoms with Crippen molar-refractivity contribution in [2.45, 2.75) is 20.4 Å². The maximum atomic E-state index is 12.2. The van der Waals surface area contributed by atoms with E-state index in [0.717, 1.165) is 0 Å². The number of carbonyl (C=O) groups excluding carboxylic acids is 2. The maximum absolute atomic E-state index is 12.2. The molecule has 2 amide bonds. The topological polar surface area (TPSA) is 79.8 Å². The minimum absolute atomic E-state index is 0.00515. The highest BCUT2D eigenvalue weighted by atomic mass is 16.4. The van der Waals surface area contributed by atoms with Crippen LogP contribution in [-0.4, -0.2) is 47.8 Å². The smallest absolute Gasteiger partial charge is 0.289 e. The summed E-state index contributed by atoms with van der Waals surface area (Å²) in [4.78, 5) is 27.6. The molecule has 0 aliphatic carbocycles. The first-order valence-electron chi connectivity index (χ1n) is 6.89. The lowest BCUT2D eigenvalue weighted by molar-refractivity contribution is -0.135. The van der Waals surface area contributed by atoms with Crippen LogP contribution in [0, 0.1) is 5.92 Å². The highest BCUT2D eigenvalue weighted by Gasteiger charge is 2.27. The molecule has 0 spiro atoms. The first kappa shape index (κ1) is 14.6. The van der Waals surface area contributed by atoms with Gasteiger partial charge in [-0.05, 0) is 12.1 Å². The second-order valence-corrected chi connectivity index (χ2v) is 5.24. The maximum Gasteiger partial charge on any atom is 0.289 e. The summed E-state index contributed by atoms with van der Waals surface area (Å²) < 4.78 is 5.36. The molecule has 2 rings (SSSR count). The molecule has 1 aromatic heterocycles. The number of carbonyl (C=O) groups is 2. The van der Waals surface area contributed by atoms with Crippen LogP contribution < -0.4 is 5.73 Å². The van der Waals surface area contributed by atoms with E-state index in [1.54, 1.807) is 17.0 Å². The van der Waals surface area contributed by atoms with Gasteiger partial charge in [0.05, 0.1) is 6.54 Å². The molecule has 1 fully saturated rings. The van der Waals surface area contributed by atoms with E-state index in [9.17, 15) is 9.59 Å². The van der Waals surface area contributed by atoms with Gasteiger partial charge in [-0.1, -0.05) is 13.8 Å². The zero-order valence-corrected chi connectivity index (χ0v) is 12.0. The number of hydrogen-bond donors (Lipinski definition) is 1. The molecule has 2 N–H and O–H groups in total. The van der Waals surface area contributed by atoms with Crippen LogP contribution in [0.4, 0.5) is 0 Å². The third-order valence-corrected chi connectivity index (χ3v) is 3.45. The summed E-state index contributed by atoms with van der Waals surface area (Å²) in [5, 5.41) is 0. The zero-order valence-electron chi connectivity index (χ0n) is 12.0. The van der Waals surface area contributed by atoms with E-state index in [1.165, 1.54) is 0 Å². The Balaban J connectivity index is 1.93. The fourth-order valence-corrected chi connectivity index (χ4v) is 2.25. The molecule has 1 aliphatic rings. The summed E-state index contributed by atoms with van der Waals surface area (Å²) in [6, 6.07) is 3.36. The normalized spacial score (nSPS) is 15.8. The van der Waals surface area contributed by atoms with E-state index in [4.69, 9.17) is 10.2 Å². The Labute approximate surface area is 118 Å². The molecule has 0 unspecified atom stereocenters. The molecule has 6 nitrogen and oxygen atoms in total. The van der Waals surface area contributed by atoms with Gasteiger partial charge in [-0.2, -0.15) is 0 Å². The van der Waals surface area contributed by atoms with E-state index in [1.807, 2.05) is 18.7 Å². The van der Waals surface area contributed by atoms with E-state index in [2.05, 4.69) is 0 Å². The van der Waals surface area contributed by atoms with Crippen LogP contribution in [-0.2, 0) is 11.3 Å².